The third kappa shape index (κ3) is 4.87. The minimum Gasteiger partial charge on any atom is -0.481 e. The number of aliphatic carboxylic acids is 1. The Kier molecular flexibility index (Phi) is 4.89. The third-order valence-electron chi connectivity index (χ3n) is 3.12. The molecule has 1 saturated carbocycles. The van der Waals surface area contributed by atoms with E-state index in [2.05, 4.69) is 0 Å². The topological polar surface area (TPSA) is 71.4 Å². The van der Waals surface area contributed by atoms with Crippen molar-refractivity contribution in [3.8, 4) is 0 Å². The second-order valence-corrected chi connectivity index (χ2v) is 8.82. The summed E-state index contributed by atoms with van der Waals surface area (Å²) < 4.78 is 23.1. The number of carboxylic acids is 1. The van der Waals surface area contributed by atoms with Crippen molar-refractivity contribution in [2.24, 2.45) is 5.41 Å². The Balaban J connectivity index is 2.23. The molecular formula is C11H20O4S2. The lowest BCUT2D eigenvalue weighted by molar-refractivity contribution is -0.138. The molecule has 0 aromatic rings. The van der Waals surface area contributed by atoms with Gasteiger partial charge in [-0.05, 0) is 37.9 Å². The van der Waals surface area contributed by atoms with Crippen molar-refractivity contribution in [3.63, 3.8) is 0 Å². The van der Waals surface area contributed by atoms with Crippen molar-refractivity contribution in [1.29, 1.82) is 0 Å². The smallest absolute Gasteiger partial charge is 0.303 e. The van der Waals surface area contributed by atoms with Gasteiger partial charge in [-0.1, -0.05) is 0 Å². The summed E-state index contributed by atoms with van der Waals surface area (Å²) in [6.07, 6.45) is 2.14. The van der Waals surface area contributed by atoms with E-state index in [0.717, 1.165) is 18.6 Å². The van der Waals surface area contributed by atoms with E-state index in [1.165, 1.54) is 0 Å². The van der Waals surface area contributed by atoms with Gasteiger partial charge in [0.05, 0.1) is 17.4 Å². The van der Waals surface area contributed by atoms with E-state index in [1.807, 2.05) is 0 Å². The quantitative estimate of drug-likeness (QED) is 0.686. The van der Waals surface area contributed by atoms with Gasteiger partial charge in [0.2, 0.25) is 0 Å². The normalized spacial score (nSPS) is 18.3. The van der Waals surface area contributed by atoms with Gasteiger partial charge in [-0.3, -0.25) is 4.79 Å². The van der Waals surface area contributed by atoms with Crippen LogP contribution in [-0.2, 0) is 14.6 Å². The number of rotatable bonds is 8. The van der Waals surface area contributed by atoms with Crippen molar-refractivity contribution in [3.05, 3.63) is 0 Å². The van der Waals surface area contributed by atoms with Gasteiger partial charge in [-0.25, -0.2) is 8.42 Å². The molecule has 1 rings (SSSR count). The summed E-state index contributed by atoms with van der Waals surface area (Å²) in [6, 6.07) is 0. The lowest BCUT2D eigenvalue weighted by Gasteiger charge is -2.12. The van der Waals surface area contributed by atoms with Gasteiger partial charge in [0.25, 0.3) is 0 Å². The number of thioether (sulfide) groups is 1. The molecule has 0 heterocycles. The van der Waals surface area contributed by atoms with Crippen LogP contribution in [0.5, 0.6) is 0 Å². The fourth-order valence-corrected chi connectivity index (χ4v) is 4.41. The molecule has 1 aliphatic rings. The summed E-state index contributed by atoms with van der Waals surface area (Å²) in [5, 5.41) is 8.42. The maximum Gasteiger partial charge on any atom is 0.303 e. The van der Waals surface area contributed by atoms with Gasteiger partial charge in [0, 0.05) is 5.75 Å². The first-order valence-electron chi connectivity index (χ1n) is 5.79. The molecule has 4 nitrogen and oxygen atoms in total. The van der Waals surface area contributed by atoms with E-state index < -0.39 is 15.8 Å². The van der Waals surface area contributed by atoms with Crippen molar-refractivity contribution in [2.75, 3.05) is 17.3 Å². The average Bonchev–Trinajstić information content (AvgIpc) is 2.92. The highest BCUT2D eigenvalue weighted by Crippen LogP contribution is 2.50. The van der Waals surface area contributed by atoms with Crippen LogP contribution in [0.25, 0.3) is 0 Å². The highest BCUT2D eigenvalue weighted by molar-refractivity contribution is 8.00. The zero-order valence-corrected chi connectivity index (χ0v) is 11.9. The fourth-order valence-electron chi connectivity index (χ4n) is 1.57. The van der Waals surface area contributed by atoms with E-state index in [4.69, 9.17) is 5.11 Å². The molecule has 0 amide bonds. The molecule has 100 valence electrons. The minimum absolute atomic E-state index is 0.0436. The predicted octanol–water partition coefficient (Wildman–Crippen LogP) is 1.80. The maximum atomic E-state index is 11.5. The molecule has 0 unspecified atom stereocenters. The molecule has 0 aliphatic heterocycles. The third-order valence-corrected chi connectivity index (χ3v) is 6.90. The number of sulfone groups is 1. The summed E-state index contributed by atoms with van der Waals surface area (Å²) in [7, 11) is -2.96. The molecule has 17 heavy (non-hydrogen) atoms. The Morgan fingerprint density at radius 3 is 2.41 bits per heavy atom. The van der Waals surface area contributed by atoms with Crippen molar-refractivity contribution >= 4 is 27.6 Å². The largest absolute Gasteiger partial charge is 0.481 e. The fraction of sp³-hybridized carbons (Fsp3) is 0.909. The van der Waals surface area contributed by atoms with Crippen LogP contribution in [0.15, 0.2) is 0 Å². The zero-order chi connectivity index (χ0) is 13.1. The molecule has 6 heteroatoms. The van der Waals surface area contributed by atoms with Crippen molar-refractivity contribution in [2.45, 2.75) is 38.4 Å². The Morgan fingerprint density at radius 1 is 1.41 bits per heavy atom. The molecule has 0 radical (unpaired) electrons. The lowest BCUT2D eigenvalue weighted by atomic mass is 10.1. The second kappa shape index (κ2) is 5.61. The molecule has 1 fully saturated rings. The summed E-state index contributed by atoms with van der Waals surface area (Å²) in [5.74, 6) is 0.783. The van der Waals surface area contributed by atoms with Gasteiger partial charge in [0.15, 0.2) is 9.84 Å². The van der Waals surface area contributed by atoms with Gasteiger partial charge in [0.1, 0.15) is 0 Å². The highest BCUT2D eigenvalue weighted by atomic mass is 32.2. The molecular weight excluding hydrogens is 260 g/mol. The second-order valence-electron chi connectivity index (χ2n) is 5.04. The standard InChI is InChI=1S/C11H20O4S2/c1-9(2)17(14,15)6-5-16-8-11(3-4-11)7-10(12)13/h9H,3-8H2,1-2H3,(H,12,13). The summed E-state index contributed by atoms with van der Waals surface area (Å²) in [5.41, 5.74) is -0.0436. The molecule has 1 N–H and O–H groups in total. The first-order valence-corrected chi connectivity index (χ1v) is 8.66. The minimum atomic E-state index is -2.96. The van der Waals surface area contributed by atoms with E-state index in [-0.39, 0.29) is 22.8 Å². The van der Waals surface area contributed by atoms with Gasteiger partial charge >= 0.3 is 5.97 Å². The van der Waals surface area contributed by atoms with Crippen LogP contribution in [0.1, 0.15) is 33.1 Å². The van der Waals surface area contributed by atoms with Gasteiger partial charge in [-0.15, -0.1) is 0 Å². The Morgan fingerprint density at radius 2 is 2.00 bits per heavy atom. The number of carboxylic acid groups (broad SMARTS) is 1. The summed E-state index contributed by atoms with van der Waals surface area (Å²) in [6.45, 7) is 3.37. The predicted molar refractivity (Wildman–Crippen MR) is 70.2 cm³/mol. The molecule has 0 spiro atoms. The van der Waals surface area contributed by atoms with Crippen LogP contribution in [0.4, 0.5) is 0 Å². The summed E-state index contributed by atoms with van der Waals surface area (Å²) in [4.78, 5) is 10.6. The highest BCUT2D eigenvalue weighted by Gasteiger charge is 2.44. The number of hydrogen-bond acceptors (Lipinski definition) is 4. The average molecular weight is 280 g/mol. The molecule has 0 atom stereocenters. The molecule has 0 aromatic heterocycles. The molecule has 1 aliphatic carbocycles. The van der Waals surface area contributed by atoms with Crippen molar-refractivity contribution < 1.29 is 18.3 Å². The van der Waals surface area contributed by atoms with Gasteiger partial charge < -0.3 is 5.11 Å². The zero-order valence-electron chi connectivity index (χ0n) is 10.3. The first kappa shape index (κ1) is 14.8. The van der Waals surface area contributed by atoms with E-state index in [9.17, 15) is 13.2 Å². The Hall–Kier alpha value is -0.230. The van der Waals surface area contributed by atoms with Crippen LogP contribution in [0, 0.1) is 5.41 Å². The van der Waals surface area contributed by atoms with Crippen LogP contribution < -0.4 is 0 Å². The van der Waals surface area contributed by atoms with E-state index in [0.29, 0.717) is 5.75 Å². The summed E-state index contributed by atoms with van der Waals surface area (Å²) >= 11 is 1.57. The molecule has 0 aromatic carbocycles. The SMILES string of the molecule is CC(C)S(=O)(=O)CCSCC1(CC(=O)O)CC1. The van der Waals surface area contributed by atoms with Crippen molar-refractivity contribution in [1.82, 2.24) is 0 Å². The number of hydrogen-bond donors (Lipinski definition) is 1. The Bertz CT molecular complexity index is 369. The first-order chi connectivity index (χ1) is 7.77. The maximum absolute atomic E-state index is 11.5. The van der Waals surface area contributed by atoms with Crippen LogP contribution in [0.3, 0.4) is 0 Å². The van der Waals surface area contributed by atoms with Crippen LogP contribution >= 0.6 is 11.8 Å². The van der Waals surface area contributed by atoms with E-state index >= 15 is 0 Å². The Labute approximate surface area is 107 Å². The van der Waals surface area contributed by atoms with Gasteiger partial charge in [-0.2, -0.15) is 11.8 Å². The number of carbonyl (C=O) groups is 1. The molecule has 0 bridgehead atoms. The molecule has 0 saturated heterocycles. The van der Waals surface area contributed by atoms with Crippen LogP contribution in [0.2, 0.25) is 0 Å². The van der Waals surface area contributed by atoms with E-state index in [1.54, 1.807) is 25.6 Å². The monoisotopic (exact) mass is 280 g/mol. The lowest BCUT2D eigenvalue weighted by Crippen LogP contribution is -2.20. The van der Waals surface area contributed by atoms with Crippen LogP contribution in [-0.4, -0.2) is 42.0 Å².